The summed E-state index contributed by atoms with van der Waals surface area (Å²) in [7, 11) is 0. The number of hydrogen-bond donors (Lipinski definition) is 0. The van der Waals surface area contributed by atoms with Gasteiger partial charge in [-0.15, -0.1) is 10.2 Å². The lowest BCUT2D eigenvalue weighted by molar-refractivity contribution is 0.0505. The maximum Gasteiger partial charge on any atom is 0.147 e. The fourth-order valence-electron chi connectivity index (χ4n) is 2.14. The third kappa shape index (κ3) is 1.54. The van der Waals surface area contributed by atoms with E-state index in [9.17, 15) is 0 Å². The van der Waals surface area contributed by atoms with Crippen molar-refractivity contribution in [1.82, 2.24) is 19.7 Å². The van der Waals surface area contributed by atoms with E-state index in [1.165, 1.54) is 0 Å². The molecule has 1 atom stereocenters. The number of aromatic nitrogens is 3. The van der Waals surface area contributed by atoms with E-state index in [2.05, 4.69) is 47.4 Å². The molecule has 0 aromatic carbocycles. The van der Waals surface area contributed by atoms with Gasteiger partial charge in [-0.1, -0.05) is 0 Å². The summed E-state index contributed by atoms with van der Waals surface area (Å²) in [6.45, 7) is 10.9. The third-order valence-electron chi connectivity index (χ3n) is 2.86. The summed E-state index contributed by atoms with van der Waals surface area (Å²) in [5.74, 6) is 1.08. The van der Waals surface area contributed by atoms with Gasteiger partial charge in [-0.05, 0) is 27.7 Å². The van der Waals surface area contributed by atoms with Crippen LogP contribution in [0.3, 0.4) is 0 Å². The highest BCUT2D eigenvalue weighted by atomic mass is 15.3. The van der Waals surface area contributed by atoms with Crippen molar-refractivity contribution < 1.29 is 0 Å². The van der Waals surface area contributed by atoms with Gasteiger partial charge in [-0.2, -0.15) is 0 Å². The van der Waals surface area contributed by atoms with E-state index in [0.29, 0.717) is 6.04 Å². The predicted octanol–water partition coefficient (Wildman–Crippen LogP) is 1.28. The van der Waals surface area contributed by atoms with E-state index in [0.717, 1.165) is 18.9 Å². The van der Waals surface area contributed by atoms with Gasteiger partial charge in [0.15, 0.2) is 0 Å². The second-order valence-electron chi connectivity index (χ2n) is 5.05. The lowest BCUT2D eigenvalue weighted by atomic mass is 10.0. The summed E-state index contributed by atoms with van der Waals surface area (Å²) < 4.78 is 2.15. The molecule has 0 amide bonds. The molecule has 0 bridgehead atoms. The van der Waals surface area contributed by atoms with Gasteiger partial charge >= 0.3 is 0 Å². The van der Waals surface area contributed by atoms with Gasteiger partial charge in [0, 0.05) is 18.1 Å². The smallest absolute Gasteiger partial charge is 0.147 e. The van der Waals surface area contributed by atoms with Gasteiger partial charge < -0.3 is 4.57 Å². The molecule has 1 aliphatic heterocycles. The van der Waals surface area contributed by atoms with Crippen LogP contribution in [0.2, 0.25) is 0 Å². The van der Waals surface area contributed by atoms with Crippen LogP contribution in [0, 0.1) is 0 Å². The molecule has 0 N–H and O–H groups in total. The van der Waals surface area contributed by atoms with E-state index in [-0.39, 0.29) is 5.54 Å². The quantitative estimate of drug-likeness (QED) is 0.624. The monoisotopic (exact) mass is 194 g/mol. The number of nitrogens with zero attached hydrogens (tertiary/aromatic N) is 4. The summed E-state index contributed by atoms with van der Waals surface area (Å²) in [4.78, 5) is 2.47. The molecule has 1 aromatic heterocycles. The average molecular weight is 194 g/mol. The van der Waals surface area contributed by atoms with Crippen molar-refractivity contribution in [1.29, 1.82) is 0 Å². The van der Waals surface area contributed by atoms with Crippen LogP contribution < -0.4 is 0 Å². The van der Waals surface area contributed by atoms with Crippen molar-refractivity contribution in [2.24, 2.45) is 0 Å². The zero-order valence-electron chi connectivity index (χ0n) is 9.36. The number of rotatable bonds is 0. The zero-order valence-corrected chi connectivity index (χ0v) is 9.36. The highest BCUT2D eigenvalue weighted by molar-refractivity contribution is 4.96. The molecule has 0 spiro atoms. The van der Waals surface area contributed by atoms with E-state index in [1.807, 2.05) is 6.33 Å². The highest BCUT2D eigenvalue weighted by Crippen LogP contribution is 2.24. The maximum absolute atomic E-state index is 4.13. The molecule has 0 saturated heterocycles. The summed E-state index contributed by atoms with van der Waals surface area (Å²) in [5.41, 5.74) is 0.205. The van der Waals surface area contributed by atoms with Crippen LogP contribution in [0.4, 0.5) is 0 Å². The van der Waals surface area contributed by atoms with Crippen LogP contribution in [-0.2, 0) is 13.1 Å². The molecule has 14 heavy (non-hydrogen) atoms. The summed E-state index contributed by atoms with van der Waals surface area (Å²) >= 11 is 0. The molecule has 0 fully saturated rings. The molecule has 78 valence electrons. The first kappa shape index (κ1) is 9.65. The molecule has 4 heteroatoms. The van der Waals surface area contributed by atoms with Gasteiger partial charge in [0.05, 0.1) is 6.54 Å². The highest BCUT2D eigenvalue weighted by Gasteiger charge is 2.31. The van der Waals surface area contributed by atoms with Gasteiger partial charge in [-0.3, -0.25) is 4.90 Å². The van der Waals surface area contributed by atoms with Crippen molar-refractivity contribution in [3.63, 3.8) is 0 Å². The third-order valence-corrected chi connectivity index (χ3v) is 2.86. The molecule has 2 rings (SSSR count). The molecule has 2 heterocycles. The van der Waals surface area contributed by atoms with Crippen LogP contribution in [0.15, 0.2) is 6.33 Å². The Morgan fingerprint density at radius 1 is 1.43 bits per heavy atom. The van der Waals surface area contributed by atoms with Crippen LogP contribution in [0.5, 0.6) is 0 Å². The Morgan fingerprint density at radius 3 is 2.79 bits per heavy atom. The number of fused-ring (bicyclic) bond motifs is 1. The predicted molar refractivity (Wildman–Crippen MR) is 54.8 cm³/mol. The van der Waals surface area contributed by atoms with Crippen molar-refractivity contribution in [2.75, 3.05) is 0 Å². The molecular weight excluding hydrogens is 176 g/mol. The van der Waals surface area contributed by atoms with E-state index < -0.39 is 0 Å². The molecule has 0 saturated carbocycles. The molecule has 0 aliphatic carbocycles. The minimum absolute atomic E-state index is 0.205. The molecule has 0 radical (unpaired) electrons. The average Bonchev–Trinajstić information content (AvgIpc) is 2.47. The second-order valence-corrected chi connectivity index (χ2v) is 5.05. The molecular formula is C10H18N4. The SMILES string of the molecule is CC1Cn2cnnc2CN1C(C)(C)C. The molecule has 1 unspecified atom stereocenters. The van der Waals surface area contributed by atoms with Crippen molar-refractivity contribution in [3.8, 4) is 0 Å². The molecule has 1 aromatic rings. The first-order valence-electron chi connectivity index (χ1n) is 5.12. The van der Waals surface area contributed by atoms with Crippen molar-refractivity contribution >= 4 is 0 Å². The summed E-state index contributed by atoms with van der Waals surface area (Å²) in [5, 5.41) is 8.07. The van der Waals surface area contributed by atoms with Gasteiger partial charge in [0.25, 0.3) is 0 Å². The Labute approximate surface area is 84.9 Å². The topological polar surface area (TPSA) is 34.0 Å². The zero-order chi connectivity index (χ0) is 10.3. The number of hydrogen-bond acceptors (Lipinski definition) is 3. The summed E-state index contributed by atoms with van der Waals surface area (Å²) in [6.07, 6.45) is 1.83. The maximum atomic E-state index is 4.13. The van der Waals surface area contributed by atoms with E-state index in [1.54, 1.807) is 0 Å². The largest absolute Gasteiger partial charge is 0.315 e. The lowest BCUT2D eigenvalue weighted by Crippen LogP contribution is -2.51. The Kier molecular flexibility index (Phi) is 2.10. The Morgan fingerprint density at radius 2 is 2.14 bits per heavy atom. The van der Waals surface area contributed by atoms with Gasteiger partial charge in [0.2, 0.25) is 0 Å². The van der Waals surface area contributed by atoms with E-state index in [4.69, 9.17) is 0 Å². The fraction of sp³-hybridized carbons (Fsp3) is 0.800. The normalized spacial score (nSPS) is 23.6. The minimum atomic E-state index is 0.205. The summed E-state index contributed by atoms with van der Waals surface area (Å²) in [6, 6.07) is 0.554. The van der Waals surface area contributed by atoms with Gasteiger partial charge in [-0.25, -0.2) is 0 Å². The van der Waals surface area contributed by atoms with E-state index >= 15 is 0 Å². The first-order valence-corrected chi connectivity index (χ1v) is 5.12. The van der Waals surface area contributed by atoms with Crippen molar-refractivity contribution in [2.45, 2.75) is 52.4 Å². The van der Waals surface area contributed by atoms with Crippen molar-refractivity contribution in [3.05, 3.63) is 12.2 Å². The second kappa shape index (κ2) is 3.05. The lowest BCUT2D eigenvalue weighted by Gasteiger charge is -2.42. The molecule has 4 nitrogen and oxygen atoms in total. The first-order chi connectivity index (χ1) is 6.48. The van der Waals surface area contributed by atoms with Gasteiger partial charge in [0.1, 0.15) is 12.2 Å². The minimum Gasteiger partial charge on any atom is -0.315 e. The Bertz CT molecular complexity index is 323. The standard InChI is InChI=1S/C10H18N4/c1-8-5-13-7-11-12-9(13)6-14(8)10(2,3)4/h7-8H,5-6H2,1-4H3. The van der Waals surface area contributed by atoms with Crippen LogP contribution in [0.1, 0.15) is 33.5 Å². The Balaban J connectivity index is 2.26. The van der Waals surface area contributed by atoms with Crippen LogP contribution >= 0.6 is 0 Å². The fourth-order valence-corrected chi connectivity index (χ4v) is 2.14. The molecule has 1 aliphatic rings. The van der Waals surface area contributed by atoms with Crippen LogP contribution in [0.25, 0.3) is 0 Å². The Hall–Kier alpha value is -0.900. The van der Waals surface area contributed by atoms with Crippen LogP contribution in [-0.4, -0.2) is 31.2 Å².